The fourth-order valence-corrected chi connectivity index (χ4v) is 3.95. The lowest BCUT2D eigenvalue weighted by Crippen LogP contribution is -2.28. The zero-order valence-corrected chi connectivity index (χ0v) is 13.1. The molecule has 0 bridgehead atoms. The van der Waals surface area contributed by atoms with Gasteiger partial charge in [-0.15, -0.1) is 0 Å². The van der Waals surface area contributed by atoms with Gasteiger partial charge in [-0.05, 0) is 30.4 Å². The summed E-state index contributed by atoms with van der Waals surface area (Å²) < 4.78 is 0. The maximum Gasteiger partial charge on any atom is 0.190 e. The van der Waals surface area contributed by atoms with Gasteiger partial charge in [0, 0.05) is 23.7 Å². The van der Waals surface area contributed by atoms with E-state index in [4.69, 9.17) is 10.7 Å². The molecule has 1 aromatic carbocycles. The third-order valence-electron chi connectivity index (χ3n) is 3.90. The van der Waals surface area contributed by atoms with Crippen molar-refractivity contribution in [3.63, 3.8) is 0 Å². The molecule has 1 unspecified atom stereocenters. The number of benzene rings is 1. The van der Waals surface area contributed by atoms with Gasteiger partial charge in [0.25, 0.3) is 0 Å². The van der Waals surface area contributed by atoms with Crippen molar-refractivity contribution in [3.8, 4) is 0 Å². The van der Waals surface area contributed by atoms with Crippen molar-refractivity contribution in [2.75, 3.05) is 11.9 Å². The first kappa shape index (κ1) is 13.6. The molecular weight excluding hydrogens is 266 g/mol. The molecule has 0 radical (unpaired) electrons. The first-order chi connectivity index (χ1) is 9.46. The number of hydrogen-bond donors (Lipinski definition) is 1. The van der Waals surface area contributed by atoms with Gasteiger partial charge in [0.05, 0.1) is 5.69 Å². The zero-order valence-electron chi connectivity index (χ0n) is 12.3. The first-order valence-electron chi connectivity index (χ1n) is 7.00. The molecule has 1 aliphatic rings. The molecule has 2 N–H and O–H groups in total. The monoisotopic (exact) mass is 287 g/mol. The number of aromatic nitrogens is 1. The number of para-hydroxylation sites is 1. The first-order valence-corrected chi connectivity index (χ1v) is 7.82. The highest BCUT2D eigenvalue weighted by Crippen LogP contribution is 2.44. The highest BCUT2D eigenvalue weighted by molar-refractivity contribution is 7.15. The van der Waals surface area contributed by atoms with Crippen molar-refractivity contribution in [2.24, 2.45) is 11.1 Å². The number of thiazole rings is 1. The molecule has 2 aromatic rings. The van der Waals surface area contributed by atoms with Crippen LogP contribution < -0.4 is 10.6 Å². The SMILES string of the molecule is CN(c1ccccc1)c1nc2c(s1)C(N)CC(C)(C)C2. The lowest BCUT2D eigenvalue weighted by molar-refractivity contribution is 0.282. The summed E-state index contributed by atoms with van der Waals surface area (Å²) in [5, 5.41) is 1.04. The summed E-state index contributed by atoms with van der Waals surface area (Å²) in [5.41, 5.74) is 8.93. The third kappa shape index (κ3) is 2.45. The Hall–Kier alpha value is -1.39. The van der Waals surface area contributed by atoms with Crippen LogP contribution in [0.4, 0.5) is 10.8 Å². The van der Waals surface area contributed by atoms with Crippen LogP contribution in [-0.2, 0) is 6.42 Å². The van der Waals surface area contributed by atoms with Gasteiger partial charge in [0.2, 0.25) is 0 Å². The Morgan fingerprint density at radius 3 is 2.70 bits per heavy atom. The Balaban J connectivity index is 1.94. The van der Waals surface area contributed by atoms with Crippen LogP contribution in [0.3, 0.4) is 0 Å². The minimum absolute atomic E-state index is 0.129. The summed E-state index contributed by atoms with van der Waals surface area (Å²) in [4.78, 5) is 8.24. The minimum Gasteiger partial charge on any atom is -0.323 e. The molecule has 1 heterocycles. The quantitative estimate of drug-likeness (QED) is 0.911. The Morgan fingerprint density at radius 2 is 2.00 bits per heavy atom. The maximum absolute atomic E-state index is 6.33. The number of rotatable bonds is 2. The van der Waals surface area contributed by atoms with Crippen molar-refractivity contribution in [2.45, 2.75) is 32.7 Å². The van der Waals surface area contributed by atoms with Gasteiger partial charge >= 0.3 is 0 Å². The second kappa shape index (κ2) is 4.86. The molecule has 0 aliphatic heterocycles. The lowest BCUT2D eigenvalue weighted by atomic mass is 9.77. The summed E-state index contributed by atoms with van der Waals surface area (Å²) in [6.07, 6.45) is 2.06. The van der Waals surface area contributed by atoms with Gasteiger partial charge in [-0.1, -0.05) is 43.4 Å². The Morgan fingerprint density at radius 1 is 1.30 bits per heavy atom. The Bertz CT molecular complexity index is 603. The van der Waals surface area contributed by atoms with E-state index in [1.54, 1.807) is 11.3 Å². The van der Waals surface area contributed by atoms with E-state index in [1.807, 2.05) is 18.2 Å². The van der Waals surface area contributed by atoms with Gasteiger partial charge in [-0.25, -0.2) is 4.98 Å². The summed E-state index contributed by atoms with van der Waals surface area (Å²) in [6.45, 7) is 4.55. The van der Waals surface area contributed by atoms with Crippen molar-refractivity contribution in [3.05, 3.63) is 40.9 Å². The molecule has 0 spiro atoms. The zero-order chi connectivity index (χ0) is 14.3. The van der Waals surface area contributed by atoms with Crippen LogP contribution in [0, 0.1) is 5.41 Å². The van der Waals surface area contributed by atoms with Gasteiger partial charge in [-0.2, -0.15) is 0 Å². The number of nitrogens with zero attached hydrogens (tertiary/aromatic N) is 2. The minimum atomic E-state index is 0.129. The molecule has 3 nitrogen and oxygen atoms in total. The lowest BCUT2D eigenvalue weighted by Gasteiger charge is -2.32. The number of nitrogens with two attached hydrogens (primary N) is 1. The van der Waals surface area contributed by atoms with Crippen LogP contribution in [0.15, 0.2) is 30.3 Å². The summed E-state index contributed by atoms with van der Waals surface area (Å²) in [6, 6.07) is 10.5. The summed E-state index contributed by atoms with van der Waals surface area (Å²) >= 11 is 1.74. The van der Waals surface area contributed by atoms with Crippen molar-refractivity contribution < 1.29 is 0 Å². The van der Waals surface area contributed by atoms with Crippen LogP contribution in [0.25, 0.3) is 0 Å². The van der Waals surface area contributed by atoms with Crippen molar-refractivity contribution >= 4 is 22.2 Å². The third-order valence-corrected chi connectivity index (χ3v) is 5.21. The maximum atomic E-state index is 6.33. The standard InChI is InChI=1S/C16H21N3S/c1-16(2)9-12(17)14-13(10-16)18-15(20-14)19(3)11-7-5-4-6-8-11/h4-8,12H,9-10,17H2,1-3H3. The van der Waals surface area contributed by atoms with E-state index < -0.39 is 0 Å². The average Bonchev–Trinajstić information content (AvgIpc) is 2.81. The second-order valence-corrected chi connectivity index (χ2v) is 7.36. The van der Waals surface area contributed by atoms with Crippen LogP contribution in [0.5, 0.6) is 0 Å². The largest absolute Gasteiger partial charge is 0.323 e. The van der Waals surface area contributed by atoms with E-state index in [0.717, 1.165) is 23.7 Å². The summed E-state index contributed by atoms with van der Waals surface area (Å²) in [5.74, 6) is 0. The molecule has 0 amide bonds. The highest BCUT2D eigenvalue weighted by Gasteiger charge is 2.33. The molecule has 0 saturated carbocycles. The van der Waals surface area contributed by atoms with E-state index in [0.29, 0.717) is 0 Å². The normalized spacial score (nSPS) is 20.5. The molecule has 1 aliphatic carbocycles. The smallest absolute Gasteiger partial charge is 0.190 e. The van der Waals surface area contributed by atoms with E-state index in [-0.39, 0.29) is 11.5 Å². The number of anilines is 2. The molecule has 1 aromatic heterocycles. The second-order valence-electron chi connectivity index (χ2n) is 6.35. The molecule has 106 valence electrons. The predicted octanol–water partition coefficient (Wildman–Crippen LogP) is 3.88. The van der Waals surface area contributed by atoms with E-state index in [9.17, 15) is 0 Å². The molecular formula is C16H21N3S. The van der Waals surface area contributed by atoms with Crippen LogP contribution in [0.1, 0.15) is 36.9 Å². The molecule has 0 saturated heterocycles. The molecule has 1 atom stereocenters. The number of fused-ring (bicyclic) bond motifs is 1. The van der Waals surface area contributed by atoms with Gasteiger partial charge < -0.3 is 10.6 Å². The van der Waals surface area contributed by atoms with Crippen molar-refractivity contribution in [1.82, 2.24) is 4.98 Å². The van der Waals surface area contributed by atoms with E-state index >= 15 is 0 Å². The Labute approximate surface area is 124 Å². The molecule has 3 rings (SSSR count). The van der Waals surface area contributed by atoms with Crippen LogP contribution >= 0.6 is 11.3 Å². The summed E-state index contributed by atoms with van der Waals surface area (Å²) in [7, 11) is 2.07. The van der Waals surface area contributed by atoms with E-state index in [1.165, 1.54) is 10.6 Å². The Kier molecular flexibility index (Phi) is 3.30. The highest BCUT2D eigenvalue weighted by atomic mass is 32.1. The van der Waals surface area contributed by atoms with Gasteiger partial charge in [0.1, 0.15) is 0 Å². The van der Waals surface area contributed by atoms with Gasteiger partial charge in [0.15, 0.2) is 5.13 Å². The average molecular weight is 287 g/mol. The van der Waals surface area contributed by atoms with Gasteiger partial charge in [-0.3, -0.25) is 0 Å². The molecule has 20 heavy (non-hydrogen) atoms. The molecule has 4 heteroatoms. The number of hydrogen-bond acceptors (Lipinski definition) is 4. The fourth-order valence-electron chi connectivity index (χ4n) is 2.89. The predicted molar refractivity (Wildman–Crippen MR) is 85.6 cm³/mol. The van der Waals surface area contributed by atoms with E-state index in [2.05, 4.69) is 37.9 Å². The topological polar surface area (TPSA) is 42.2 Å². The van der Waals surface area contributed by atoms with Crippen LogP contribution in [-0.4, -0.2) is 12.0 Å². The van der Waals surface area contributed by atoms with Crippen molar-refractivity contribution in [1.29, 1.82) is 0 Å². The van der Waals surface area contributed by atoms with Crippen LogP contribution in [0.2, 0.25) is 0 Å². The molecule has 0 fully saturated rings. The fraction of sp³-hybridized carbons (Fsp3) is 0.438.